The monoisotopic (exact) mass is 593 g/mol. The highest BCUT2D eigenvalue weighted by Gasteiger charge is 2.48. The Kier molecular flexibility index (Phi) is 7.48. The number of likely N-dealkylation sites (tertiary alicyclic amines) is 1. The highest BCUT2D eigenvalue weighted by molar-refractivity contribution is 6.10. The quantitative estimate of drug-likeness (QED) is 0.250. The second-order valence-electron chi connectivity index (χ2n) is 12.4. The lowest BCUT2D eigenvalue weighted by atomic mass is 9.58. The van der Waals surface area contributed by atoms with Crippen molar-refractivity contribution in [3.05, 3.63) is 93.9 Å². The Morgan fingerprint density at radius 1 is 1.21 bits per heavy atom. The maximum absolute atomic E-state index is 14.4. The van der Waals surface area contributed by atoms with Gasteiger partial charge in [-0.1, -0.05) is 25.6 Å². The van der Waals surface area contributed by atoms with Gasteiger partial charge >= 0.3 is 6.18 Å². The molecule has 3 aromatic rings. The van der Waals surface area contributed by atoms with Crippen LogP contribution in [0.5, 0.6) is 0 Å². The SMILES string of the molecule is C=CC[N+](=O)C1CCCN(Cc2cc3c(c(C(F)(F)F)c2)CN(c2cccc(C4(c5nncn5C)CC(C)C4)c2)C3=O)C1. The Balaban J connectivity index is 1.30. The summed E-state index contributed by atoms with van der Waals surface area (Å²) in [7, 11) is 1.91. The number of benzene rings is 2. The minimum atomic E-state index is -4.62. The van der Waals surface area contributed by atoms with Gasteiger partial charge in [0, 0.05) is 40.9 Å². The first-order valence-electron chi connectivity index (χ1n) is 14.8. The Bertz CT molecular complexity index is 1580. The highest BCUT2D eigenvalue weighted by Crippen LogP contribution is 2.52. The molecule has 8 nitrogen and oxygen atoms in total. The van der Waals surface area contributed by atoms with Gasteiger partial charge in [-0.3, -0.25) is 9.69 Å². The van der Waals surface area contributed by atoms with Gasteiger partial charge in [0.05, 0.1) is 24.1 Å². The summed E-state index contributed by atoms with van der Waals surface area (Å²) < 4.78 is 46.1. The number of rotatable bonds is 8. The van der Waals surface area contributed by atoms with Crippen LogP contribution >= 0.6 is 0 Å². The molecule has 1 atom stereocenters. The molecule has 2 aromatic carbocycles. The van der Waals surface area contributed by atoms with Crippen LogP contribution in [-0.4, -0.2) is 56.0 Å². The van der Waals surface area contributed by atoms with Crippen molar-refractivity contribution in [2.75, 3.05) is 24.5 Å². The second kappa shape index (κ2) is 11.0. The van der Waals surface area contributed by atoms with Crippen LogP contribution in [0.4, 0.5) is 18.9 Å². The zero-order chi connectivity index (χ0) is 30.5. The first-order chi connectivity index (χ1) is 20.5. The predicted molar refractivity (Wildman–Crippen MR) is 156 cm³/mol. The van der Waals surface area contributed by atoms with Crippen LogP contribution in [-0.2, 0) is 31.7 Å². The second-order valence-corrected chi connectivity index (χ2v) is 12.4. The third-order valence-electron chi connectivity index (χ3n) is 9.25. The van der Waals surface area contributed by atoms with E-state index in [9.17, 15) is 22.9 Å². The Labute approximate surface area is 248 Å². The molecule has 3 heterocycles. The van der Waals surface area contributed by atoms with E-state index < -0.39 is 17.6 Å². The third kappa shape index (κ3) is 5.28. The van der Waals surface area contributed by atoms with Crippen molar-refractivity contribution < 1.29 is 22.7 Å². The van der Waals surface area contributed by atoms with Crippen LogP contribution in [0.1, 0.15) is 71.0 Å². The molecule has 2 fully saturated rings. The largest absolute Gasteiger partial charge is 0.416 e. The van der Waals surface area contributed by atoms with Crippen LogP contribution < -0.4 is 4.90 Å². The molecule has 6 rings (SSSR count). The zero-order valence-corrected chi connectivity index (χ0v) is 24.5. The van der Waals surface area contributed by atoms with E-state index in [2.05, 4.69) is 23.7 Å². The number of amides is 1. The lowest BCUT2D eigenvalue weighted by Gasteiger charge is -2.46. The van der Waals surface area contributed by atoms with Crippen molar-refractivity contribution in [2.24, 2.45) is 13.0 Å². The normalized spacial score (nSPS) is 24.1. The zero-order valence-electron chi connectivity index (χ0n) is 24.5. The number of carbonyl (C=O) groups is 1. The van der Waals surface area contributed by atoms with Gasteiger partial charge in [0.1, 0.15) is 12.2 Å². The van der Waals surface area contributed by atoms with E-state index >= 15 is 0 Å². The lowest BCUT2D eigenvalue weighted by molar-refractivity contribution is -0.580. The number of hydrogen-bond acceptors (Lipinski definition) is 5. The van der Waals surface area contributed by atoms with E-state index in [4.69, 9.17) is 0 Å². The number of alkyl halides is 3. The maximum Gasteiger partial charge on any atom is 0.416 e. The standard InChI is InChI=1S/C32H36F3N6O2/c1-4-10-41(43)25-9-6-11-39(18-25)17-22-12-26-27(28(13-22)32(33,34)35)19-40(29(26)42)24-8-5-7-23(14-24)31(15-21(2)16-31)30-37-36-20-38(30)3/h4-5,7-8,12-14,20-21,25H,1,6,9-11,15-19H2,2-3H3/q+1. The number of carbonyl (C=O) groups excluding carboxylic acids is 1. The summed E-state index contributed by atoms with van der Waals surface area (Å²) in [5.74, 6) is 0.884. The molecule has 11 heteroatoms. The number of hydrogen-bond donors (Lipinski definition) is 0. The minimum absolute atomic E-state index is 0.000158. The number of aryl methyl sites for hydroxylation is 1. The van der Waals surface area contributed by atoms with Crippen LogP contribution in [0.25, 0.3) is 0 Å². The van der Waals surface area contributed by atoms with Gasteiger partial charge in [-0.2, -0.15) is 13.2 Å². The Hall–Kier alpha value is -3.86. The summed E-state index contributed by atoms with van der Waals surface area (Å²) in [6.45, 7) is 7.21. The summed E-state index contributed by atoms with van der Waals surface area (Å²) in [5, 5.41) is 8.47. The van der Waals surface area contributed by atoms with E-state index in [1.54, 1.807) is 24.5 Å². The number of aromatic nitrogens is 3. The topological polar surface area (TPSA) is 74.3 Å². The van der Waals surface area contributed by atoms with Crippen molar-refractivity contribution in [1.82, 2.24) is 19.7 Å². The molecule has 0 N–H and O–H groups in total. The van der Waals surface area contributed by atoms with Crippen LogP contribution in [0.3, 0.4) is 0 Å². The predicted octanol–water partition coefficient (Wildman–Crippen LogP) is 5.64. The van der Waals surface area contributed by atoms with Crippen LogP contribution in [0.2, 0.25) is 0 Å². The molecule has 1 aromatic heterocycles. The Morgan fingerprint density at radius 2 is 2.00 bits per heavy atom. The number of anilines is 1. The average molecular weight is 594 g/mol. The summed E-state index contributed by atoms with van der Waals surface area (Å²) in [6, 6.07) is 10.1. The fourth-order valence-corrected chi connectivity index (χ4v) is 7.33. The Morgan fingerprint density at radius 3 is 2.67 bits per heavy atom. The first-order valence-corrected chi connectivity index (χ1v) is 14.8. The number of piperidine rings is 1. The van der Waals surface area contributed by atoms with Gasteiger partial charge in [0.2, 0.25) is 12.6 Å². The van der Waals surface area contributed by atoms with Gasteiger partial charge in [-0.25, -0.2) is 0 Å². The molecule has 1 saturated heterocycles. The number of nitrogens with zero attached hydrogens (tertiary/aromatic N) is 6. The molecule has 43 heavy (non-hydrogen) atoms. The van der Waals surface area contributed by atoms with Crippen molar-refractivity contribution >= 4 is 11.6 Å². The van der Waals surface area contributed by atoms with E-state index in [0.29, 0.717) is 30.3 Å². The van der Waals surface area contributed by atoms with Crippen LogP contribution in [0, 0.1) is 10.8 Å². The fraction of sp³-hybridized carbons (Fsp3) is 0.469. The van der Waals surface area contributed by atoms with Crippen molar-refractivity contribution in [3.63, 3.8) is 0 Å². The molecule has 2 aliphatic heterocycles. The van der Waals surface area contributed by atoms with Crippen molar-refractivity contribution in [1.29, 1.82) is 0 Å². The smallest absolute Gasteiger partial charge is 0.320 e. The van der Waals surface area contributed by atoms with E-state index in [1.165, 1.54) is 11.0 Å². The molecule has 1 saturated carbocycles. The molecular weight excluding hydrogens is 557 g/mol. The highest BCUT2D eigenvalue weighted by atomic mass is 19.4. The lowest BCUT2D eigenvalue weighted by Crippen LogP contribution is -2.43. The van der Waals surface area contributed by atoms with Crippen molar-refractivity contribution in [2.45, 2.75) is 63.3 Å². The van der Waals surface area contributed by atoms with Gasteiger partial charge in [-0.05, 0) is 78.8 Å². The average Bonchev–Trinajstić information content (AvgIpc) is 3.53. The molecule has 0 spiro atoms. The molecule has 226 valence electrons. The third-order valence-corrected chi connectivity index (χ3v) is 9.25. The van der Waals surface area contributed by atoms with Crippen LogP contribution in [0.15, 0.2) is 55.4 Å². The van der Waals surface area contributed by atoms with Gasteiger partial charge < -0.3 is 9.47 Å². The van der Waals surface area contributed by atoms with Gasteiger partial charge in [0.15, 0.2) is 0 Å². The van der Waals surface area contributed by atoms with E-state index in [0.717, 1.165) is 41.8 Å². The molecule has 0 radical (unpaired) electrons. The fourth-order valence-electron chi connectivity index (χ4n) is 7.33. The summed E-state index contributed by atoms with van der Waals surface area (Å²) in [5.41, 5.74) is 0.899. The molecule has 0 bridgehead atoms. The number of halogens is 3. The van der Waals surface area contributed by atoms with Crippen molar-refractivity contribution in [3.8, 4) is 0 Å². The van der Waals surface area contributed by atoms with Gasteiger partial charge in [0.25, 0.3) is 5.91 Å². The number of fused-ring (bicyclic) bond motifs is 1. The summed E-state index contributed by atoms with van der Waals surface area (Å²) >= 11 is 0. The summed E-state index contributed by atoms with van der Waals surface area (Å²) in [4.78, 5) is 29.6. The van der Waals surface area contributed by atoms with E-state index in [1.807, 2.05) is 34.7 Å². The summed E-state index contributed by atoms with van der Waals surface area (Å²) in [6.07, 6.45) is 1.85. The molecule has 1 unspecified atom stereocenters. The molecule has 1 aliphatic carbocycles. The molecule has 1 amide bonds. The van der Waals surface area contributed by atoms with E-state index in [-0.39, 0.29) is 42.2 Å². The number of nitroso groups, excluding NO2 is 1. The maximum atomic E-state index is 14.4. The molecule has 3 aliphatic rings. The first kappa shape index (κ1) is 29.2. The van der Waals surface area contributed by atoms with Gasteiger partial charge in [-0.15, -0.1) is 10.2 Å². The minimum Gasteiger partial charge on any atom is -0.320 e. The molecular formula is C32H36F3N6O2+.